The average molecular weight is 373 g/mol. The van der Waals surface area contributed by atoms with Crippen LogP contribution in [0, 0.1) is 0 Å². The first-order chi connectivity index (χ1) is 12.4. The van der Waals surface area contributed by atoms with E-state index in [0.717, 1.165) is 12.8 Å². The number of nitrogens with two attached hydrogens (primary N) is 2. The molecule has 0 aliphatic heterocycles. The van der Waals surface area contributed by atoms with Crippen molar-refractivity contribution in [3.05, 3.63) is 50.7 Å². The number of nitrogens with one attached hydrogen (secondary N) is 1. The fraction of sp³-hybridized carbons (Fsp3) is 0.316. The van der Waals surface area contributed by atoms with Crippen LogP contribution >= 0.6 is 11.3 Å². The van der Waals surface area contributed by atoms with Gasteiger partial charge in [0.2, 0.25) is 11.8 Å². The van der Waals surface area contributed by atoms with E-state index in [4.69, 9.17) is 11.5 Å². The minimum atomic E-state index is -0.648. The zero-order valence-corrected chi connectivity index (χ0v) is 15.7. The van der Waals surface area contributed by atoms with Gasteiger partial charge in [-0.3, -0.25) is 14.4 Å². The van der Waals surface area contributed by atoms with Crippen LogP contribution in [0.5, 0.6) is 0 Å². The number of benzene rings is 1. The number of rotatable bonds is 8. The molecule has 0 unspecified atom stereocenters. The molecular formula is C19H23N3O3S. The predicted molar refractivity (Wildman–Crippen MR) is 104 cm³/mol. The van der Waals surface area contributed by atoms with Crippen LogP contribution in [0.2, 0.25) is 0 Å². The van der Waals surface area contributed by atoms with E-state index in [1.807, 2.05) is 13.8 Å². The molecule has 1 heterocycles. The minimum absolute atomic E-state index is 0.224. The van der Waals surface area contributed by atoms with Gasteiger partial charge in [0, 0.05) is 16.8 Å². The normalized spacial score (nSPS) is 10.5. The van der Waals surface area contributed by atoms with Gasteiger partial charge in [-0.25, -0.2) is 0 Å². The Morgan fingerprint density at radius 2 is 1.69 bits per heavy atom. The summed E-state index contributed by atoms with van der Waals surface area (Å²) in [4.78, 5) is 37.2. The van der Waals surface area contributed by atoms with Crippen LogP contribution in [0.4, 0.5) is 5.69 Å². The van der Waals surface area contributed by atoms with Gasteiger partial charge in [0.05, 0.1) is 4.88 Å². The summed E-state index contributed by atoms with van der Waals surface area (Å²) in [5.74, 6) is -1.57. The highest BCUT2D eigenvalue weighted by molar-refractivity contribution is 7.12. The van der Waals surface area contributed by atoms with Crippen LogP contribution in [-0.2, 0) is 12.8 Å². The standard InChI is InChI=1S/C19H23N3O3S/c1-3-6-11-13(17(20)23)10-14(12(7-4-2)16(11)18(21)24)22-19(25)15-8-5-9-26-15/h5,8-10H,3-4,6-7H2,1-2H3,(H2,20,23)(H2,21,24)(H,22,25). The molecule has 0 saturated heterocycles. The third kappa shape index (κ3) is 4.11. The number of carbonyl (C=O) groups is 3. The second-order valence-electron chi connectivity index (χ2n) is 5.96. The van der Waals surface area contributed by atoms with Crippen molar-refractivity contribution >= 4 is 34.7 Å². The highest BCUT2D eigenvalue weighted by Crippen LogP contribution is 2.30. The maximum absolute atomic E-state index is 12.5. The molecular weight excluding hydrogens is 350 g/mol. The van der Waals surface area contributed by atoms with Crippen molar-refractivity contribution < 1.29 is 14.4 Å². The highest BCUT2D eigenvalue weighted by Gasteiger charge is 2.24. The molecule has 1 aromatic heterocycles. The topological polar surface area (TPSA) is 115 Å². The lowest BCUT2D eigenvalue weighted by Gasteiger charge is -2.20. The maximum atomic E-state index is 12.5. The van der Waals surface area contributed by atoms with Gasteiger partial charge in [-0.2, -0.15) is 0 Å². The molecule has 26 heavy (non-hydrogen) atoms. The van der Waals surface area contributed by atoms with E-state index in [-0.39, 0.29) is 11.5 Å². The fourth-order valence-electron chi connectivity index (χ4n) is 3.01. The Bertz CT molecular complexity index is 829. The smallest absolute Gasteiger partial charge is 0.265 e. The Morgan fingerprint density at radius 3 is 2.19 bits per heavy atom. The van der Waals surface area contributed by atoms with Gasteiger partial charge in [0.1, 0.15) is 0 Å². The van der Waals surface area contributed by atoms with Crippen molar-refractivity contribution in [2.24, 2.45) is 11.5 Å². The molecule has 0 bridgehead atoms. The zero-order chi connectivity index (χ0) is 19.3. The van der Waals surface area contributed by atoms with Crippen LogP contribution in [0.15, 0.2) is 23.6 Å². The molecule has 2 aromatic rings. The molecule has 5 N–H and O–H groups in total. The predicted octanol–water partition coefficient (Wildman–Crippen LogP) is 3.10. The summed E-state index contributed by atoms with van der Waals surface area (Å²) in [7, 11) is 0. The van der Waals surface area contributed by atoms with Crippen LogP contribution in [0.25, 0.3) is 0 Å². The van der Waals surface area contributed by atoms with Gasteiger partial charge in [-0.05, 0) is 41.5 Å². The molecule has 0 saturated carbocycles. The summed E-state index contributed by atoms with van der Waals surface area (Å²) < 4.78 is 0. The summed E-state index contributed by atoms with van der Waals surface area (Å²) in [5, 5.41) is 4.62. The fourth-order valence-corrected chi connectivity index (χ4v) is 3.63. The number of hydrogen-bond acceptors (Lipinski definition) is 4. The molecule has 138 valence electrons. The summed E-state index contributed by atoms with van der Waals surface area (Å²) in [6.07, 6.45) is 2.54. The highest BCUT2D eigenvalue weighted by atomic mass is 32.1. The van der Waals surface area contributed by atoms with Gasteiger partial charge in [0.25, 0.3) is 5.91 Å². The first kappa shape index (κ1) is 19.7. The van der Waals surface area contributed by atoms with Crippen LogP contribution in [-0.4, -0.2) is 17.7 Å². The first-order valence-corrected chi connectivity index (χ1v) is 9.41. The molecule has 0 aliphatic carbocycles. The van der Waals surface area contributed by atoms with Crippen molar-refractivity contribution in [3.8, 4) is 0 Å². The molecule has 6 nitrogen and oxygen atoms in total. The number of primary amides is 2. The molecule has 1 aromatic carbocycles. The number of thiophene rings is 1. The first-order valence-electron chi connectivity index (χ1n) is 8.53. The number of hydrogen-bond donors (Lipinski definition) is 3. The Kier molecular flexibility index (Phi) is 6.52. The molecule has 7 heteroatoms. The van der Waals surface area contributed by atoms with E-state index in [0.29, 0.717) is 40.1 Å². The Hall–Kier alpha value is -2.67. The van der Waals surface area contributed by atoms with Crippen LogP contribution < -0.4 is 16.8 Å². The second-order valence-corrected chi connectivity index (χ2v) is 6.91. The Morgan fingerprint density at radius 1 is 1.04 bits per heavy atom. The second kappa shape index (κ2) is 8.62. The van der Waals surface area contributed by atoms with E-state index in [9.17, 15) is 14.4 Å². The summed E-state index contributed by atoms with van der Waals surface area (Å²) in [6, 6.07) is 5.05. The van der Waals surface area contributed by atoms with Crippen molar-refractivity contribution in [1.29, 1.82) is 0 Å². The quantitative estimate of drug-likeness (QED) is 0.660. The summed E-state index contributed by atoms with van der Waals surface area (Å²) in [5.41, 5.74) is 13.3. The van der Waals surface area contributed by atoms with E-state index in [2.05, 4.69) is 5.32 Å². The van der Waals surface area contributed by atoms with Crippen molar-refractivity contribution in [2.45, 2.75) is 39.5 Å². The largest absolute Gasteiger partial charge is 0.366 e. The van der Waals surface area contributed by atoms with E-state index in [1.165, 1.54) is 11.3 Å². The van der Waals surface area contributed by atoms with Gasteiger partial charge in [0.15, 0.2) is 0 Å². The lowest BCUT2D eigenvalue weighted by atomic mass is 9.88. The van der Waals surface area contributed by atoms with E-state index >= 15 is 0 Å². The number of anilines is 1. The molecule has 0 atom stereocenters. The maximum Gasteiger partial charge on any atom is 0.265 e. The summed E-state index contributed by atoms with van der Waals surface area (Å²) in [6.45, 7) is 3.92. The SMILES string of the molecule is CCCc1c(NC(=O)c2cccs2)cc(C(N)=O)c(CCC)c1C(N)=O. The zero-order valence-electron chi connectivity index (χ0n) is 14.9. The van der Waals surface area contributed by atoms with Gasteiger partial charge in [-0.15, -0.1) is 11.3 Å². The van der Waals surface area contributed by atoms with Gasteiger partial charge >= 0.3 is 0 Å². The van der Waals surface area contributed by atoms with Crippen molar-refractivity contribution in [3.63, 3.8) is 0 Å². The number of amides is 3. The Balaban J connectivity index is 2.66. The van der Waals surface area contributed by atoms with Crippen LogP contribution in [0.1, 0.15) is 68.2 Å². The molecule has 2 rings (SSSR count). The molecule has 0 fully saturated rings. The lowest BCUT2D eigenvalue weighted by Crippen LogP contribution is -2.24. The van der Waals surface area contributed by atoms with Crippen molar-refractivity contribution in [2.75, 3.05) is 5.32 Å². The minimum Gasteiger partial charge on any atom is -0.366 e. The monoisotopic (exact) mass is 373 g/mol. The van der Waals surface area contributed by atoms with E-state index in [1.54, 1.807) is 23.6 Å². The molecule has 0 spiro atoms. The van der Waals surface area contributed by atoms with Gasteiger partial charge < -0.3 is 16.8 Å². The van der Waals surface area contributed by atoms with Crippen LogP contribution in [0.3, 0.4) is 0 Å². The van der Waals surface area contributed by atoms with E-state index < -0.39 is 11.8 Å². The molecule has 3 amide bonds. The van der Waals surface area contributed by atoms with Gasteiger partial charge in [-0.1, -0.05) is 32.8 Å². The third-order valence-electron chi connectivity index (χ3n) is 4.05. The Labute approximate surface area is 156 Å². The molecule has 0 aliphatic rings. The average Bonchev–Trinajstić information content (AvgIpc) is 3.11. The summed E-state index contributed by atoms with van der Waals surface area (Å²) >= 11 is 1.31. The van der Waals surface area contributed by atoms with Crippen molar-refractivity contribution in [1.82, 2.24) is 0 Å². The lowest BCUT2D eigenvalue weighted by molar-refractivity contribution is 0.0992. The number of carbonyl (C=O) groups excluding carboxylic acids is 3. The molecule has 0 radical (unpaired) electrons. The third-order valence-corrected chi connectivity index (χ3v) is 4.92.